The van der Waals surface area contributed by atoms with Crippen molar-refractivity contribution in [3.63, 3.8) is 0 Å². The zero-order valence-electron chi connectivity index (χ0n) is 18.1. The standard InChI is InChI=1S/C26H25N3O3/c1-29-16-15-27-25(29)24(20-11-7-4-8-12-20)28-26(30)21-13-14-22(23(17-21)31-2)32-18-19-9-5-3-6-10-19/h3-17,24H,18H2,1-2H3,(H,28,30). The molecule has 4 rings (SSSR count). The minimum atomic E-state index is -0.385. The van der Waals surface area contributed by atoms with Crippen molar-refractivity contribution >= 4 is 5.91 Å². The molecule has 1 aromatic heterocycles. The third-order valence-corrected chi connectivity index (χ3v) is 5.19. The lowest BCUT2D eigenvalue weighted by Crippen LogP contribution is -2.31. The fourth-order valence-corrected chi connectivity index (χ4v) is 3.48. The van der Waals surface area contributed by atoms with Crippen molar-refractivity contribution in [1.82, 2.24) is 14.9 Å². The van der Waals surface area contributed by atoms with Gasteiger partial charge in [0.1, 0.15) is 18.5 Å². The zero-order chi connectivity index (χ0) is 22.3. The highest BCUT2D eigenvalue weighted by Gasteiger charge is 2.22. The number of benzene rings is 3. The molecule has 1 heterocycles. The maximum atomic E-state index is 13.1. The maximum absolute atomic E-state index is 13.1. The highest BCUT2D eigenvalue weighted by Crippen LogP contribution is 2.29. The van der Waals surface area contributed by atoms with Crippen LogP contribution in [0.4, 0.5) is 0 Å². The lowest BCUT2D eigenvalue weighted by Gasteiger charge is -2.20. The van der Waals surface area contributed by atoms with Gasteiger partial charge in [0.15, 0.2) is 11.5 Å². The molecule has 6 heteroatoms. The first kappa shape index (κ1) is 21.2. The van der Waals surface area contributed by atoms with Crippen LogP contribution in [0.3, 0.4) is 0 Å². The number of methoxy groups -OCH3 is 1. The Morgan fingerprint density at radius 2 is 1.72 bits per heavy atom. The maximum Gasteiger partial charge on any atom is 0.252 e. The summed E-state index contributed by atoms with van der Waals surface area (Å²) in [5.74, 6) is 1.60. The van der Waals surface area contributed by atoms with E-state index in [4.69, 9.17) is 9.47 Å². The molecule has 0 aliphatic carbocycles. The fraction of sp³-hybridized carbons (Fsp3) is 0.154. The molecule has 0 bridgehead atoms. The molecule has 32 heavy (non-hydrogen) atoms. The summed E-state index contributed by atoms with van der Waals surface area (Å²) >= 11 is 0. The number of carbonyl (C=O) groups is 1. The van der Waals surface area contributed by atoms with Crippen molar-refractivity contribution in [3.05, 3.63) is 114 Å². The second kappa shape index (κ2) is 9.83. The van der Waals surface area contributed by atoms with Gasteiger partial charge in [0.2, 0.25) is 0 Å². The third kappa shape index (κ3) is 4.81. The Morgan fingerprint density at radius 1 is 1.00 bits per heavy atom. The molecule has 1 amide bonds. The smallest absolute Gasteiger partial charge is 0.252 e. The highest BCUT2D eigenvalue weighted by molar-refractivity contribution is 5.95. The Bertz CT molecular complexity index is 1170. The molecule has 0 aliphatic rings. The second-order valence-electron chi connectivity index (χ2n) is 7.35. The molecule has 162 valence electrons. The number of imidazole rings is 1. The van der Waals surface area contributed by atoms with Crippen LogP contribution in [0, 0.1) is 0 Å². The molecule has 0 saturated heterocycles. The van der Waals surface area contributed by atoms with E-state index in [0.717, 1.165) is 17.0 Å². The molecule has 3 aromatic carbocycles. The van der Waals surface area contributed by atoms with Crippen molar-refractivity contribution in [3.8, 4) is 11.5 Å². The first-order chi connectivity index (χ1) is 15.7. The van der Waals surface area contributed by atoms with Gasteiger partial charge in [0.05, 0.1) is 7.11 Å². The van der Waals surface area contributed by atoms with Crippen LogP contribution in [-0.2, 0) is 13.7 Å². The Morgan fingerprint density at radius 3 is 2.38 bits per heavy atom. The van der Waals surface area contributed by atoms with Gasteiger partial charge in [-0.15, -0.1) is 0 Å². The molecule has 6 nitrogen and oxygen atoms in total. The van der Waals surface area contributed by atoms with Gasteiger partial charge in [0, 0.05) is 25.0 Å². The average molecular weight is 428 g/mol. The number of amides is 1. The highest BCUT2D eigenvalue weighted by atomic mass is 16.5. The summed E-state index contributed by atoms with van der Waals surface area (Å²) in [5.41, 5.74) is 2.48. The predicted octanol–water partition coefficient (Wildman–Crippen LogP) is 4.53. The summed E-state index contributed by atoms with van der Waals surface area (Å²) < 4.78 is 13.3. The van der Waals surface area contributed by atoms with Crippen molar-refractivity contribution in [1.29, 1.82) is 0 Å². The van der Waals surface area contributed by atoms with E-state index in [0.29, 0.717) is 23.7 Å². The van der Waals surface area contributed by atoms with Crippen LogP contribution in [0.2, 0.25) is 0 Å². The minimum absolute atomic E-state index is 0.227. The van der Waals surface area contributed by atoms with E-state index >= 15 is 0 Å². The molecular formula is C26H25N3O3. The van der Waals surface area contributed by atoms with Crippen LogP contribution in [0.1, 0.15) is 33.4 Å². The summed E-state index contributed by atoms with van der Waals surface area (Å²) in [7, 11) is 3.47. The van der Waals surface area contributed by atoms with E-state index in [1.807, 2.05) is 78.5 Å². The first-order valence-electron chi connectivity index (χ1n) is 10.3. The molecule has 0 saturated carbocycles. The van der Waals surface area contributed by atoms with Gasteiger partial charge < -0.3 is 19.4 Å². The largest absolute Gasteiger partial charge is 0.493 e. The summed E-state index contributed by atoms with van der Waals surface area (Å²) in [6, 6.07) is 24.5. The Balaban J connectivity index is 1.54. The number of ether oxygens (including phenoxy) is 2. The van der Waals surface area contributed by atoms with E-state index in [9.17, 15) is 4.79 Å². The van der Waals surface area contributed by atoms with Gasteiger partial charge in [0.25, 0.3) is 5.91 Å². The molecule has 0 aliphatic heterocycles. The quantitative estimate of drug-likeness (QED) is 0.449. The molecule has 1 unspecified atom stereocenters. The van der Waals surface area contributed by atoms with Gasteiger partial charge in [-0.25, -0.2) is 4.98 Å². The third-order valence-electron chi connectivity index (χ3n) is 5.19. The number of nitrogens with zero attached hydrogens (tertiary/aromatic N) is 2. The minimum Gasteiger partial charge on any atom is -0.493 e. The number of rotatable bonds is 8. The Kier molecular flexibility index (Phi) is 6.51. The van der Waals surface area contributed by atoms with Crippen LogP contribution in [0.25, 0.3) is 0 Å². The van der Waals surface area contributed by atoms with Crippen molar-refractivity contribution in [2.24, 2.45) is 7.05 Å². The van der Waals surface area contributed by atoms with Crippen molar-refractivity contribution in [2.75, 3.05) is 7.11 Å². The van der Waals surface area contributed by atoms with E-state index < -0.39 is 0 Å². The SMILES string of the molecule is COc1cc(C(=O)NC(c2ccccc2)c2nccn2C)ccc1OCc1ccccc1. The number of hydrogen-bond acceptors (Lipinski definition) is 4. The summed E-state index contributed by atoms with van der Waals surface area (Å²) in [4.78, 5) is 17.6. The normalized spacial score (nSPS) is 11.6. The molecule has 0 spiro atoms. The van der Waals surface area contributed by atoms with Crippen LogP contribution in [0.15, 0.2) is 91.3 Å². The van der Waals surface area contributed by atoms with Crippen LogP contribution in [0.5, 0.6) is 11.5 Å². The van der Waals surface area contributed by atoms with Crippen LogP contribution >= 0.6 is 0 Å². The lowest BCUT2D eigenvalue weighted by atomic mass is 10.1. The van der Waals surface area contributed by atoms with E-state index in [1.54, 1.807) is 31.5 Å². The number of hydrogen-bond donors (Lipinski definition) is 1. The molecule has 1 atom stereocenters. The average Bonchev–Trinajstić information content (AvgIpc) is 3.27. The molecular weight excluding hydrogens is 402 g/mol. The van der Waals surface area contributed by atoms with Gasteiger partial charge >= 0.3 is 0 Å². The number of nitrogens with one attached hydrogen (secondary N) is 1. The topological polar surface area (TPSA) is 65.4 Å². The number of aromatic nitrogens is 2. The number of carbonyl (C=O) groups excluding carboxylic acids is 1. The van der Waals surface area contributed by atoms with Gasteiger partial charge in [-0.2, -0.15) is 0 Å². The van der Waals surface area contributed by atoms with Gasteiger partial charge in [-0.1, -0.05) is 60.7 Å². The Labute approximate surface area is 187 Å². The molecule has 0 radical (unpaired) electrons. The van der Waals surface area contributed by atoms with Crippen LogP contribution in [-0.4, -0.2) is 22.6 Å². The monoisotopic (exact) mass is 427 g/mol. The summed E-state index contributed by atoms with van der Waals surface area (Å²) in [6.45, 7) is 0.415. The van der Waals surface area contributed by atoms with E-state index in [1.165, 1.54) is 0 Å². The van der Waals surface area contributed by atoms with E-state index in [2.05, 4.69) is 10.3 Å². The molecule has 1 N–H and O–H groups in total. The zero-order valence-corrected chi connectivity index (χ0v) is 18.1. The summed E-state index contributed by atoms with van der Waals surface area (Å²) in [5, 5.41) is 3.10. The predicted molar refractivity (Wildman–Crippen MR) is 123 cm³/mol. The Hall–Kier alpha value is -4.06. The molecule has 0 fully saturated rings. The lowest BCUT2D eigenvalue weighted by molar-refractivity contribution is 0.0940. The van der Waals surface area contributed by atoms with Gasteiger partial charge in [-0.3, -0.25) is 4.79 Å². The fourth-order valence-electron chi connectivity index (χ4n) is 3.48. The second-order valence-corrected chi connectivity index (χ2v) is 7.35. The molecule has 4 aromatic rings. The van der Waals surface area contributed by atoms with Crippen molar-refractivity contribution in [2.45, 2.75) is 12.6 Å². The van der Waals surface area contributed by atoms with Crippen molar-refractivity contribution < 1.29 is 14.3 Å². The van der Waals surface area contributed by atoms with E-state index in [-0.39, 0.29) is 11.9 Å². The van der Waals surface area contributed by atoms with Crippen LogP contribution < -0.4 is 14.8 Å². The number of aryl methyl sites for hydroxylation is 1. The first-order valence-corrected chi connectivity index (χ1v) is 10.3. The van der Waals surface area contributed by atoms with Gasteiger partial charge in [-0.05, 0) is 29.3 Å². The summed E-state index contributed by atoms with van der Waals surface area (Å²) in [6.07, 6.45) is 3.58.